The summed E-state index contributed by atoms with van der Waals surface area (Å²) in [5.74, 6) is 1.44. The van der Waals surface area contributed by atoms with Crippen LogP contribution < -0.4 is 14.9 Å². The summed E-state index contributed by atoms with van der Waals surface area (Å²) in [5, 5.41) is 4.40. The lowest BCUT2D eigenvalue weighted by Gasteiger charge is -2.10. The number of hydrogen-bond donors (Lipinski definition) is 1. The van der Waals surface area contributed by atoms with Crippen LogP contribution in [0.2, 0.25) is 0 Å². The number of aromatic nitrogens is 1. The summed E-state index contributed by atoms with van der Waals surface area (Å²) >= 11 is 0. The van der Waals surface area contributed by atoms with Crippen LogP contribution in [0.5, 0.6) is 11.5 Å². The van der Waals surface area contributed by atoms with Gasteiger partial charge in [-0.1, -0.05) is 23.8 Å². The minimum Gasteiger partial charge on any atom is -0.493 e. The Hall–Kier alpha value is -3.21. The molecule has 1 N–H and O–H groups in total. The van der Waals surface area contributed by atoms with Crippen molar-refractivity contribution in [1.82, 2.24) is 9.99 Å². The van der Waals surface area contributed by atoms with Crippen molar-refractivity contribution in [3.05, 3.63) is 76.6 Å². The number of nitrogens with one attached hydrogen (secondary N) is 1. The second kappa shape index (κ2) is 8.65. The molecule has 0 aliphatic carbocycles. The van der Waals surface area contributed by atoms with E-state index in [1.807, 2.05) is 24.4 Å². The maximum Gasteiger partial charge on any atom is 0.161 e. The Bertz CT molecular complexity index is 972. The Labute approximate surface area is 166 Å². The number of rotatable bonds is 7. The van der Waals surface area contributed by atoms with Crippen molar-refractivity contribution in [2.75, 3.05) is 14.2 Å². The lowest BCUT2D eigenvalue weighted by molar-refractivity contribution is 0.354. The van der Waals surface area contributed by atoms with Crippen LogP contribution in [0.25, 0.3) is 5.69 Å². The zero-order valence-electron chi connectivity index (χ0n) is 17.1. The van der Waals surface area contributed by atoms with Crippen molar-refractivity contribution in [2.24, 2.45) is 5.10 Å². The van der Waals surface area contributed by atoms with Gasteiger partial charge in [-0.15, -0.1) is 0 Å². The van der Waals surface area contributed by atoms with Gasteiger partial charge in [-0.25, -0.2) is 0 Å². The number of hydrogen-bond acceptors (Lipinski definition) is 4. The third-order valence-electron chi connectivity index (χ3n) is 4.79. The highest BCUT2D eigenvalue weighted by atomic mass is 16.5. The fourth-order valence-electron chi connectivity index (χ4n) is 3.25. The molecule has 3 aromatic rings. The third-order valence-corrected chi connectivity index (χ3v) is 4.79. The average Bonchev–Trinajstić information content (AvgIpc) is 2.99. The molecule has 2 aromatic carbocycles. The monoisotopic (exact) mass is 377 g/mol. The summed E-state index contributed by atoms with van der Waals surface area (Å²) in [7, 11) is 3.27. The predicted molar refractivity (Wildman–Crippen MR) is 114 cm³/mol. The first-order valence-electron chi connectivity index (χ1n) is 9.26. The highest BCUT2D eigenvalue weighted by Crippen LogP contribution is 2.27. The molecule has 28 heavy (non-hydrogen) atoms. The molecule has 5 heteroatoms. The second-order valence-electron chi connectivity index (χ2n) is 6.78. The van der Waals surface area contributed by atoms with Gasteiger partial charge in [0.1, 0.15) is 0 Å². The SMILES string of the molecule is COc1ccc(CN/N=C\c2cc(C)n(-c3ccc(C)cc3)c2C)cc1OC. The Kier molecular flexibility index (Phi) is 6.04. The Balaban J connectivity index is 1.70. The maximum absolute atomic E-state index is 5.34. The molecule has 0 aliphatic rings. The van der Waals surface area contributed by atoms with E-state index in [2.05, 4.69) is 66.2 Å². The van der Waals surface area contributed by atoms with Crippen LogP contribution in [0.15, 0.2) is 53.6 Å². The van der Waals surface area contributed by atoms with E-state index in [0.29, 0.717) is 12.3 Å². The summed E-state index contributed by atoms with van der Waals surface area (Å²) in [5.41, 5.74) is 10.0. The van der Waals surface area contributed by atoms with Gasteiger partial charge in [-0.2, -0.15) is 5.10 Å². The zero-order valence-corrected chi connectivity index (χ0v) is 17.1. The predicted octanol–water partition coefficient (Wildman–Crippen LogP) is 4.54. The molecule has 3 rings (SSSR count). The fraction of sp³-hybridized carbons (Fsp3) is 0.261. The lowest BCUT2D eigenvalue weighted by Crippen LogP contribution is -2.06. The van der Waals surface area contributed by atoms with E-state index >= 15 is 0 Å². The number of nitrogens with zero attached hydrogens (tertiary/aromatic N) is 2. The molecule has 5 nitrogen and oxygen atoms in total. The van der Waals surface area contributed by atoms with E-state index in [1.54, 1.807) is 14.2 Å². The van der Waals surface area contributed by atoms with E-state index in [9.17, 15) is 0 Å². The highest BCUT2D eigenvalue weighted by molar-refractivity contribution is 5.82. The molecule has 0 radical (unpaired) electrons. The molecule has 0 saturated carbocycles. The molecular weight excluding hydrogens is 350 g/mol. The minimum absolute atomic E-state index is 0.605. The van der Waals surface area contributed by atoms with Crippen molar-refractivity contribution in [3.63, 3.8) is 0 Å². The van der Waals surface area contributed by atoms with Crippen molar-refractivity contribution in [3.8, 4) is 17.2 Å². The van der Waals surface area contributed by atoms with Gasteiger partial charge in [0, 0.05) is 22.6 Å². The molecular formula is C23H27N3O2. The first-order chi connectivity index (χ1) is 13.5. The number of hydrazone groups is 1. The molecule has 1 heterocycles. The molecule has 1 aromatic heterocycles. The van der Waals surface area contributed by atoms with Crippen LogP contribution in [0, 0.1) is 20.8 Å². The normalized spacial score (nSPS) is 11.0. The summed E-state index contributed by atoms with van der Waals surface area (Å²) in [6, 6.07) is 16.5. The quantitative estimate of drug-likeness (QED) is 0.486. The first kappa shape index (κ1) is 19.5. The summed E-state index contributed by atoms with van der Waals surface area (Å²) in [4.78, 5) is 0. The molecule has 0 unspecified atom stereocenters. The number of ether oxygens (including phenoxy) is 2. The fourth-order valence-corrected chi connectivity index (χ4v) is 3.25. The lowest BCUT2D eigenvalue weighted by atomic mass is 10.2. The molecule has 0 spiro atoms. The van der Waals surface area contributed by atoms with Crippen LogP contribution in [0.1, 0.15) is 28.1 Å². The Morgan fingerprint density at radius 3 is 2.32 bits per heavy atom. The average molecular weight is 377 g/mol. The first-order valence-corrected chi connectivity index (χ1v) is 9.26. The van der Waals surface area contributed by atoms with Gasteiger partial charge in [0.25, 0.3) is 0 Å². The van der Waals surface area contributed by atoms with Crippen molar-refractivity contribution in [2.45, 2.75) is 27.3 Å². The topological polar surface area (TPSA) is 47.8 Å². The van der Waals surface area contributed by atoms with Crippen molar-refractivity contribution in [1.29, 1.82) is 0 Å². The molecule has 0 amide bonds. The van der Waals surface area contributed by atoms with E-state index in [4.69, 9.17) is 9.47 Å². The molecule has 0 fully saturated rings. The standard InChI is InChI=1S/C23H27N3O2/c1-16-6-9-21(10-7-16)26-17(2)12-20(18(26)3)15-25-24-14-19-8-11-22(27-4)23(13-19)28-5/h6-13,15,24H,14H2,1-5H3/b25-15-. The van der Waals surface area contributed by atoms with Gasteiger partial charge in [0.2, 0.25) is 0 Å². The summed E-state index contributed by atoms with van der Waals surface area (Å²) in [6.45, 7) is 6.93. The molecule has 146 valence electrons. The summed E-state index contributed by atoms with van der Waals surface area (Å²) < 4.78 is 12.9. The number of aryl methyl sites for hydroxylation is 2. The number of methoxy groups -OCH3 is 2. The van der Waals surface area contributed by atoms with Gasteiger partial charge >= 0.3 is 0 Å². The smallest absolute Gasteiger partial charge is 0.161 e. The second-order valence-corrected chi connectivity index (χ2v) is 6.78. The van der Waals surface area contributed by atoms with E-state index < -0.39 is 0 Å². The minimum atomic E-state index is 0.605. The van der Waals surface area contributed by atoms with Gasteiger partial charge in [-0.3, -0.25) is 0 Å². The van der Waals surface area contributed by atoms with E-state index in [1.165, 1.54) is 16.9 Å². The summed E-state index contributed by atoms with van der Waals surface area (Å²) in [6.07, 6.45) is 1.87. The van der Waals surface area contributed by atoms with Crippen LogP contribution in [-0.2, 0) is 6.54 Å². The Morgan fingerprint density at radius 2 is 1.64 bits per heavy atom. The number of benzene rings is 2. The van der Waals surface area contributed by atoms with Crippen LogP contribution in [0.3, 0.4) is 0 Å². The van der Waals surface area contributed by atoms with Crippen LogP contribution in [0.4, 0.5) is 0 Å². The highest BCUT2D eigenvalue weighted by Gasteiger charge is 2.09. The molecule has 0 saturated heterocycles. The van der Waals surface area contributed by atoms with Gasteiger partial charge < -0.3 is 19.5 Å². The van der Waals surface area contributed by atoms with E-state index in [-0.39, 0.29) is 0 Å². The molecule has 0 atom stereocenters. The Morgan fingerprint density at radius 1 is 0.929 bits per heavy atom. The largest absolute Gasteiger partial charge is 0.493 e. The zero-order chi connectivity index (χ0) is 20.1. The van der Waals surface area contributed by atoms with Crippen molar-refractivity contribution < 1.29 is 9.47 Å². The molecule has 0 bridgehead atoms. The van der Waals surface area contributed by atoms with Crippen LogP contribution in [-0.4, -0.2) is 25.0 Å². The van der Waals surface area contributed by atoms with Crippen molar-refractivity contribution >= 4 is 6.21 Å². The van der Waals surface area contributed by atoms with Gasteiger partial charge in [0.15, 0.2) is 11.5 Å². The molecule has 0 aliphatic heterocycles. The van der Waals surface area contributed by atoms with Gasteiger partial charge in [-0.05, 0) is 56.7 Å². The van der Waals surface area contributed by atoms with E-state index in [0.717, 1.165) is 22.6 Å². The van der Waals surface area contributed by atoms with Gasteiger partial charge in [0.05, 0.1) is 27.0 Å². The maximum atomic E-state index is 5.34. The van der Waals surface area contributed by atoms with Crippen LogP contribution >= 0.6 is 0 Å². The third kappa shape index (κ3) is 4.19.